The number of sulfonamides is 1. The van der Waals surface area contributed by atoms with Gasteiger partial charge in [0.25, 0.3) is 10.0 Å². The number of hydrogen-bond acceptors (Lipinski definition) is 4. The lowest BCUT2D eigenvalue weighted by Crippen LogP contribution is -2.53. The number of anilines is 1. The summed E-state index contributed by atoms with van der Waals surface area (Å²) in [4.78, 5) is 29.9. The van der Waals surface area contributed by atoms with Gasteiger partial charge in [-0.2, -0.15) is 0 Å². The number of rotatable bonds is 14. The molecule has 45 heavy (non-hydrogen) atoms. The van der Waals surface area contributed by atoms with Crippen molar-refractivity contribution < 1.29 is 18.0 Å². The molecule has 0 saturated carbocycles. The van der Waals surface area contributed by atoms with Gasteiger partial charge >= 0.3 is 0 Å². The topological polar surface area (TPSA) is 86.8 Å². The van der Waals surface area contributed by atoms with E-state index in [1.165, 1.54) is 17.0 Å². The van der Waals surface area contributed by atoms with Gasteiger partial charge in [0.15, 0.2) is 0 Å². The van der Waals surface area contributed by atoms with Gasteiger partial charge in [0.1, 0.15) is 12.6 Å². The highest BCUT2D eigenvalue weighted by molar-refractivity contribution is 7.92. The second-order valence-corrected chi connectivity index (χ2v) is 13.3. The third-order valence-electron chi connectivity index (χ3n) is 7.69. The molecule has 0 saturated heterocycles. The van der Waals surface area contributed by atoms with Gasteiger partial charge in [0.2, 0.25) is 11.8 Å². The lowest BCUT2D eigenvalue weighted by Gasteiger charge is -2.34. The first-order valence-electron chi connectivity index (χ1n) is 15.1. The van der Waals surface area contributed by atoms with Crippen LogP contribution in [-0.4, -0.2) is 44.3 Å². The maximum atomic E-state index is 14.5. The molecule has 4 aromatic carbocycles. The molecular weight excluding hydrogens is 606 g/mol. The van der Waals surface area contributed by atoms with Crippen molar-refractivity contribution in [3.8, 4) is 0 Å². The molecule has 0 bridgehead atoms. The van der Waals surface area contributed by atoms with E-state index in [0.717, 1.165) is 33.8 Å². The zero-order valence-electron chi connectivity index (χ0n) is 25.9. The standard InChI is InChI=1S/C36H40ClN3O4S/c1-4-5-23-38-36(42)34(24-29-13-8-6-9-14-29)39(25-30-15-10-7-11-16-30)35(41)26-40(33-18-12-17-32(37)28(33)3)45(43,44)31-21-19-27(2)20-22-31/h6-22,34H,4-5,23-26H2,1-3H3,(H,38,42)/t34-/m1/s1. The first kappa shape index (κ1) is 33.7. The average molecular weight is 646 g/mol. The van der Waals surface area contributed by atoms with Crippen molar-refractivity contribution in [3.05, 3.63) is 130 Å². The monoisotopic (exact) mass is 645 g/mol. The number of carbonyl (C=O) groups excluding carboxylic acids is 2. The number of unbranched alkanes of at least 4 members (excludes halogenated alkanes) is 1. The molecule has 0 radical (unpaired) electrons. The fourth-order valence-electron chi connectivity index (χ4n) is 5.06. The number of carbonyl (C=O) groups is 2. The molecule has 0 fully saturated rings. The molecule has 0 aliphatic carbocycles. The summed E-state index contributed by atoms with van der Waals surface area (Å²) in [6, 6.07) is 29.5. The molecule has 236 valence electrons. The highest BCUT2D eigenvalue weighted by atomic mass is 35.5. The van der Waals surface area contributed by atoms with Crippen LogP contribution in [0.2, 0.25) is 5.02 Å². The summed E-state index contributed by atoms with van der Waals surface area (Å²) in [6.45, 7) is 5.70. The molecule has 9 heteroatoms. The normalized spacial score (nSPS) is 11.9. The van der Waals surface area contributed by atoms with E-state index in [4.69, 9.17) is 11.6 Å². The molecule has 0 heterocycles. The first-order chi connectivity index (χ1) is 21.6. The number of aryl methyl sites for hydroxylation is 1. The van der Waals surface area contributed by atoms with E-state index >= 15 is 0 Å². The Morgan fingerprint density at radius 3 is 2.07 bits per heavy atom. The van der Waals surface area contributed by atoms with Gasteiger partial charge in [0, 0.05) is 24.5 Å². The first-order valence-corrected chi connectivity index (χ1v) is 16.9. The third-order valence-corrected chi connectivity index (χ3v) is 9.88. The summed E-state index contributed by atoms with van der Waals surface area (Å²) in [6.07, 6.45) is 1.96. The average Bonchev–Trinajstić information content (AvgIpc) is 3.04. The maximum absolute atomic E-state index is 14.5. The molecule has 1 N–H and O–H groups in total. The van der Waals surface area contributed by atoms with Gasteiger partial charge in [-0.25, -0.2) is 8.42 Å². The minimum Gasteiger partial charge on any atom is -0.354 e. The Kier molecular flexibility index (Phi) is 11.8. The summed E-state index contributed by atoms with van der Waals surface area (Å²) in [5.74, 6) is -0.802. The molecule has 0 unspecified atom stereocenters. The van der Waals surface area contributed by atoms with Crippen molar-refractivity contribution >= 4 is 39.1 Å². The summed E-state index contributed by atoms with van der Waals surface area (Å²) >= 11 is 6.45. The molecule has 1 atom stereocenters. The number of nitrogens with zero attached hydrogens (tertiary/aromatic N) is 2. The molecule has 7 nitrogen and oxygen atoms in total. The van der Waals surface area contributed by atoms with Crippen LogP contribution >= 0.6 is 11.6 Å². The fourth-order valence-corrected chi connectivity index (χ4v) is 6.70. The number of hydrogen-bond donors (Lipinski definition) is 1. The number of amides is 2. The smallest absolute Gasteiger partial charge is 0.264 e. The molecule has 0 aromatic heterocycles. The predicted molar refractivity (Wildman–Crippen MR) is 181 cm³/mol. The van der Waals surface area contributed by atoms with Crippen LogP contribution in [0, 0.1) is 13.8 Å². The second kappa shape index (κ2) is 15.7. The molecule has 0 aliphatic rings. The van der Waals surface area contributed by atoms with Crippen molar-refractivity contribution in [3.63, 3.8) is 0 Å². The van der Waals surface area contributed by atoms with Crippen molar-refractivity contribution in [1.82, 2.24) is 10.2 Å². The lowest BCUT2D eigenvalue weighted by molar-refractivity contribution is -0.140. The number of halogens is 1. The van der Waals surface area contributed by atoms with Gasteiger partial charge in [-0.3, -0.25) is 13.9 Å². The van der Waals surface area contributed by atoms with E-state index in [1.807, 2.05) is 74.5 Å². The number of nitrogens with one attached hydrogen (secondary N) is 1. The third kappa shape index (κ3) is 8.74. The highest BCUT2D eigenvalue weighted by Gasteiger charge is 2.35. The second-order valence-electron chi connectivity index (χ2n) is 11.1. The van der Waals surface area contributed by atoms with E-state index in [9.17, 15) is 18.0 Å². The van der Waals surface area contributed by atoms with Crippen LogP contribution in [0.5, 0.6) is 0 Å². The molecule has 0 spiro atoms. The van der Waals surface area contributed by atoms with Crippen LogP contribution in [0.3, 0.4) is 0 Å². The van der Waals surface area contributed by atoms with Crippen LogP contribution < -0.4 is 9.62 Å². The van der Waals surface area contributed by atoms with E-state index in [1.54, 1.807) is 37.3 Å². The highest BCUT2D eigenvalue weighted by Crippen LogP contribution is 2.31. The maximum Gasteiger partial charge on any atom is 0.264 e. The van der Waals surface area contributed by atoms with Gasteiger partial charge in [-0.05, 0) is 61.2 Å². The zero-order chi connectivity index (χ0) is 32.4. The van der Waals surface area contributed by atoms with E-state index < -0.39 is 28.5 Å². The molecule has 4 aromatic rings. The van der Waals surface area contributed by atoms with Crippen molar-refractivity contribution in [2.75, 3.05) is 17.4 Å². The fraction of sp³-hybridized carbons (Fsp3) is 0.278. The van der Waals surface area contributed by atoms with Gasteiger partial charge < -0.3 is 10.2 Å². The van der Waals surface area contributed by atoms with Crippen LogP contribution in [0.15, 0.2) is 108 Å². The van der Waals surface area contributed by atoms with Crippen molar-refractivity contribution in [2.45, 2.75) is 57.5 Å². The summed E-state index contributed by atoms with van der Waals surface area (Å²) < 4.78 is 29.6. The van der Waals surface area contributed by atoms with E-state index in [-0.39, 0.29) is 23.8 Å². The van der Waals surface area contributed by atoms with Crippen LogP contribution in [0.25, 0.3) is 0 Å². The minimum atomic E-state index is -4.21. The van der Waals surface area contributed by atoms with E-state index in [2.05, 4.69) is 5.32 Å². The Hall–Kier alpha value is -4.14. The molecule has 0 aliphatic heterocycles. The Morgan fingerprint density at radius 1 is 0.822 bits per heavy atom. The summed E-state index contributed by atoms with van der Waals surface area (Å²) in [5.41, 5.74) is 3.42. The molecule has 2 amide bonds. The molecule has 4 rings (SSSR count). The Morgan fingerprint density at radius 2 is 1.44 bits per heavy atom. The zero-order valence-corrected chi connectivity index (χ0v) is 27.5. The predicted octanol–water partition coefficient (Wildman–Crippen LogP) is 6.71. The van der Waals surface area contributed by atoms with Gasteiger partial charge in [-0.1, -0.05) is 109 Å². The van der Waals surface area contributed by atoms with Crippen LogP contribution in [-0.2, 0) is 32.6 Å². The Balaban J connectivity index is 1.80. The van der Waals surface area contributed by atoms with Gasteiger partial charge in [0.05, 0.1) is 10.6 Å². The Bertz CT molecular complexity index is 1680. The molecular formula is C36H40ClN3O4S. The van der Waals surface area contributed by atoms with Crippen LogP contribution in [0.4, 0.5) is 5.69 Å². The number of benzene rings is 4. The van der Waals surface area contributed by atoms with Crippen molar-refractivity contribution in [2.24, 2.45) is 0 Å². The van der Waals surface area contributed by atoms with Crippen LogP contribution in [0.1, 0.15) is 42.0 Å². The Labute approximate surface area is 271 Å². The largest absolute Gasteiger partial charge is 0.354 e. The SMILES string of the molecule is CCCCNC(=O)[C@@H](Cc1ccccc1)N(Cc1ccccc1)C(=O)CN(c1cccc(Cl)c1C)S(=O)(=O)c1ccc(C)cc1. The van der Waals surface area contributed by atoms with E-state index in [0.29, 0.717) is 22.8 Å². The quantitative estimate of drug-likeness (QED) is 0.155. The summed E-state index contributed by atoms with van der Waals surface area (Å²) in [5, 5.41) is 3.38. The summed E-state index contributed by atoms with van der Waals surface area (Å²) in [7, 11) is -4.21. The lowest BCUT2D eigenvalue weighted by atomic mass is 10.0. The van der Waals surface area contributed by atoms with Crippen molar-refractivity contribution in [1.29, 1.82) is 0 Å². The van der Waals surface area contributed by atoms with Gasteiger partial charge in [-0.15, -0.1) is 0 Å². The minimum absolute atomic E-state index is 0.0491.